The van der Waals surface area contributed by atoms with E-state index in [4.69, 9.17) is 0 Å². The van der Waals surface area contributed by atoms with Gasteiger partial charge in [0.25, 0.3) is 5.91 Å². The van der Waals surface area contributed by atoms with Gasteiger partial charge in [0.15, 0.2) is 0 Å². The number of halogens is 2. The highest BCUT2D eigenvalue weighted by atomic mass is 79.9. The predicted molar refractivity (Wildman–Crippen MR) is 86.0 cm³/mol. The van der Waals surface area contributed by atoms with E-state index in [-0.39, 0.29) is 11.6 Å². The minimum absolute atomic E-state index is 0.256. The van der Waals surface area contributed by atoms with Crippen LogP contribution in [0.3, 0.4) is 0 Å². The molecule has 0 fully saturated rings. The zero-order chi connectivity index (χ0) is 14.5. The first kappa shape index (κ1) is 14.9. The molecule has 0 saturated heterocycles. The molecule has 2 rings (SSSR count). The topological polar surface area (TPSA) is 66.9 Å². The Balaban J connectivity index is 2.22. The molecule has 0 aliphatic heterocycles. The van der Waals surface area contributed by atoms with E-state index in [0.717, 1.165) is 15.5 Å². The molecule has 1 heterocycles. The van der Waals surface area contributed by atoms with Gasteiger partial charge < -0.3 is 10.6 Å². The molecule has 0 saturated carbocycles. The van der Waals surface area contributed by atoms with Crippen LogP contribution in [-0.2, 0) is 0 Å². The van der Waals surface area contributed by atoms with Gasteiger partial charge in [0, 0.05) is 15.5 Å². The molecule has 20 heavy (non-hydrogen) atoms. The van der Waals surface area contributed by atoms with Crippen LogP contribution in [0.2, 0.25) is 0 Å². The molecule has 5 nitrogen and oxygen atoms in total. The minimum Gasteiger partial charge on any atom is -0.369 e. The second-order valence-electron chi connectivity index (χ2n) is 3.87. The van der Waals surface area contributed by atoms with Crippen LogP contribution < -0.4 is 10.6 Å². The van der Waals surface area contributed by atoms with Gasteiger partial charge in [0.2, 0.25) is 0 Å². The summed E-state index contributed by atoms with van der Waals surface area (Å²) in [6.07, 6.45) is 3.01. The van der Waals surface area contributed by atoms with Gasteiger partial charge in [-0.15, -0.1) is 0 Å². The summed E-state index contributed by atoms with van der Waals surface area (Å²) < 4.78 is 1.58. The van der Waals surface area contributed by atoms with Crippen LogP contribution in [0.5, 0.6) is 0 Å². The lowest BCUT2D eigenvalue weighted by Crippen LogP contribution is -2.15. The van der Waals surface area contributed by atoms with Crippen LogP contribution in [0.15, 0.2) is 39.5 Å². The van der Waals surface area contributed by atoms with Crippen molar-refractivity contribution in [1.29, 1.82) is 0 Å². The Bertz CT molecular complexity index is 613. The van der Waals surface area contributed by atoms with Crippen LogP contribution in [0.1, 0.15) is 17.4 Å². The molecule has 0 unspecified atom stereocenters. The van der Waals surface area contributed by atoms with Crippen molar-refractivity contribution in [2.45, 2.75) is 6.92 Å². The molecule has 1 aromatic carbocycles. The van der Waals surface area contributed by atoms with E-state index in [1.54, 1.807) is 6.20 Å². The average Bonchev–Trinajstić information content (AvgIpc) is 2.43. The monoisotopic (exact) mass is 398 g/mol. The van der Waals surface area contributed by atoms with Crippen LogP contribution in [0.25, 0.3) is 0 Å². The molecule has 1 amide bonds. The number of hydrogen-bond donors (Lipinski definition) is 2. The highest BCUT2D eigenvalue weighted by Gasteiger charge is 2.13. The fourth-order valence-electron chi connectivity index (χ4n) is 1.54. The number of nitrogens with zero attached hydrogens (tertiary/aromatic N) is 2. The summed E-state index contributed by atoms with van der Waals surface area (Å²) in [6.45, 7) is 2.67. The molecule has 2 N–H and O–H groups in total. The van der Waals surface area contributed by atoms with E-state index in [2.05, 4.69) is 52.5 Å². The minimum atomic E-state index is -0.315. The molecule has 1 aromatic heterocycles. The van der Waals surface area contributed by atoms with E-state index in [9.17, 15) is 4.79 Å². The molecule has 7 heteroatoms. The summed E-state index contributed by atoms with van der Waals surface area (Å²) >= 11 is 6.79. The first-order valence-corrected chi connectivity index (χ1v) is 7.51. The van der Waals surface area contributed by atoms with Gasteiger partial charge in [-0.2, -0.15) is 0 Å². The fraction of sp³-hybridized carbons (Fsp3) is 0.154. The van der Waals surface area contributed by atoms with Gasteiger partial charge in [-0.3, -0.25) is 9.78 Å². The van der Waals surface area contributed by atoms with Crippen LogP contribution in [0.4, 0.5) is 11.5 Å². The van der Waals surface area contributed by atoms with Gasteiger partial charge >= 0.3 is 0 Å². The van der Waals surface area contributed by atoms with Gasteiger partial charge in [-0.25, -0.2) is 4.98 Å². The van der Waals surface area contributed by atoms with E-state index < -0.39 is 0 Å². The third-order valence-corrected chi connectivity index (χ3v) is 3.75. The van der Waals surface area contributed by atoms with E-state index in [1.807, 2.05) is 25.1 Å². The summed E-state index contributed by atoms with van der Waals surface area (Å²) in [4.78, 5) is 20.4. The highest BCUT2D eigenvalue weighted by Crippen LogP contribution is 2.30. The van der Waals surface area contributed by atoms with Crippen molar-refractivity contribution < 1.29 is 4.79 Å². The van der Waals surface area contributed by atoms with Gasteiger partial charge in [-0.1, -0.05) is 6.07 Å². The number of carbonyl (C=O) groups excluding carboxylic acids is 1. The summed E-state index contributed by atoms with van der Waals surface area (Å²) in [5, 5.41) is 5.82. The summed E-state index contributed by atoms with van der Waals surface area (Å²) in [5.41, 5.74) is 0.916. The normalized spacial score (nSPS) is 10.2. The average molecular weight is 400 g/mol. The lowest BCUT2D eigenvalue weighted by molar-refractivity contribution is 0.102. The van der Waals surface area contributed by atoms with Crippen molar-refractivity contribution in [2.75, 3.05) is 17.2 Å². The highest BCUT2D eigenvalue weighted by molar-refractivity contribution is 9.11. The number of anilines is 2. The van der Waals surface area contributed by atoms with Crippen LogP contribution in [-0.4, -0.2) is 22.4 Å². The number of carbonyl (C=O) groups is 1. The maximum absolute atomic E-state index is 12.2. The van der Waals surface area contributed by atoms with Gasteiger partial charge in [-0.05, 0) is 50.9 Å². The lowest BCUT2D eigenvalue weighted by Gasteiger charge is -2.09. The number of benzene rings is 1. The third-order valence-electron chi connectivity index (χ3n) is 2.43. The zero-order valence-electron chi connectivity index (χ0n) is 10.7. The SMILES string of the molecule is CCNc1cncc(C(=O)Nc2c(Br)cccc2Br)n1. The van der Waals surface area contributed by atoms with Crippen molar-refractivity contribution >= 4 is 49.3 Å². The second kappa shape index (κ2) is 6.81. The zero-order valence-corrected chi connectivity index (χ0v) is 13.8. The molecule has 0 radical (unpaired) electrons. The number of aromatic nitrogens is 2. The fourth-order valence-corrected chi connectivity index (χ4v) is 2.73. The third kappa shape index (κ3) is 3.55. The molecular weight excluding hydrogens is 388 g/mol. The number of para-hydroxylation sites is 1. The van der Waals surface area contributed by atoms with E-state index >= 15 is 0 Å². The van der Waals surface area contributed by atoms with Crippen molar-refractivity contribution in [1.82, 2.24) is 9.97 Å². The summed E-state index contributed by atoms with van der Waals surface area (Å²) in [5.74, 6) is 0.260. The van der Waals surface area contributed by atoms with Crippen molar-refractivity contribution in [2.24, 2.45) is 0 Å². The van der Waals surface area contributed by atoms with Gasteiger partial charge in [0.1, 0.15) is 11.5 Å². The van der Waals surface area contributed by atoms with E-state index in [0.29, 0.717) is 11.5 Å². The Hall–Kier alpha value is -1.47. The van der Waals surface area contributed by atoms with Gasteiger partial charge in [0.05, 0.1) is 18.1 Å². The molecular formula is C13H12Br2N4O. The molecule has 0 bridgehead atoms. The predicted octanol–water partition coefficient (Wildman–Crippen LogP) is 3.69. The van der Waals surface area contributed by atoms with Crippen LogP contribution in [0, 0.1) is 0 Å². The van der Waals surface area contributed by atoms with Crippen molar-refractivity contribution in [3.63, 3.8) is 0 Å². The molecule has 0 atom stereocenters. The Morgan fingerprint density at radius 1 is 1.25 bits per heavy atom. The Kier molecular flexibility index (Phi) is 5.08. The number of amides is 1. The van der Waals surface area contributed by atoms with Crippen molar-refractivity contribution in [3.05, 3.63) is 45.2 Å². The molecule has 2 aromatic rings. The Morgan fingerprint density at radius 2 is 1.95 bits per heavy atom. The first-order chi connectivity index (χ1) is 9.61. The standard InChI is InChI=1S/C13H12Br2N4O/c1-2-17-11-7-16-6-10(18-11)13(20)19-12-8(14)4-3-5-9(12)15/h3-7H,2H2,1H3,(H,17,18)(H,19,20). The Labute approximate surface area is 133 Å². The molecule has 0 spiro atoms. The maximum atomic E-state index is 12.2. The quantitative estimate of drug-likeness (QED) is 0.822. The molecule has 0 aliphatic rings. The smallest absolute Gasteiger partial charge is 0.276 e. The van der Waals surface area contributed by atoms with Crippen LogP contribution >= 0.6 is 31.9 Å². The molecule has 104 valence electrons. The first-order valence-electron chi connectivity index (χ1n) is 5.93. The maximum Gasteiger partial charge on any atom is 0.276 e. The van der Waals surface area contributed by atoms with E-state index in [1.165, 1.54) is 6.20 Å². The lowest BCUT2D eigenvalue weighted by atomic mass is 10.3. The summed E-state index contributed by atoms with van der Waals surface area (Å²) in [6, 6.07) is 5.57. The largest absolute Gasteiger partial charge is 0.369 e. The Morgan fingerprint density at radius 3 is 2.60 bits per heavy atom. The number of rotatable bonds is 4. The van der Waals surface area contributed by atoms with Crippen molar-refractivity contribution in [3.8, 4) is 0 Å². The second-order valence-corrected chi connectivity index (χ2v) is 5.58. The summed E-state index contributed by atoms with van der Waals surface area (Å²) in [7, 11) is 0. The number of nitrogens with one attached hydrogen (secondary N) is 2. The number of hydrogen-bond acceptors (Lipinski definition) is 4. The molecule has 0 aliphatic carbocycles.